The molecule has 0 spiro atoms. The Balaban J connectivity index is 2.62. The third-order valence-corrected chi connectivity index (χ3v) is 3.59. The Labute approximate surface area is 130 Å². The van der Waals surface area contributed by atoms with E-state index >= 15 is 0 Å². The van der Waals surface area contributed by atoms with Crippen LogP contribution in [0.3, 0.4) is 0 Å². The van der Waals surface area contributed by atoms with Crippen molar-refractivity contribution in [3.05, 3.63) is 22.2 Å². The Bertz CT molecular complexity index is 425. The van der Waals surface area contributed by atoms with Crippen molar-refractivity contribution in [1.82, 2.24) is 9.80 Å². The molecule has 0 aliphatic heterocycles. The first-order valence-corrected chi connectivity index (χ1v) is 7.70. The van der Waals surface area contributed by atoms with Gasteiger partial charge in [-0.15, -0.1) is 0 Å². The maximum atomic E-state index is 9.90. The van der Waals surface area contributed by atoms with E-state index in [9.17, 15) is 5.11 Å². The second-order valence-corrected chi connectivity index (χ2v) is 6.11. The van der Waals surface area contributed by atoms with E-state index in [2.05, 4.69) is 46.9 Å². The average molecular weight is 345 g/mol. The fourth-order valence-electron chi connectivity index (χ4n) is 2.03. The predicted molar refractivity (Wildman–Crippen MR) is 86.5 cm³/mol. The first-order valence-electron chi connectivity index (χ1n) is 6.91. The highest BCUT2D eigenvalue weighted by molar-refractivity contribution is 9.10. The molecule has 0 aromatic heterocycles. The molecule has 0 aliphatic rings. The van der Waals surface area contributed by atoms with Crippen molar-refractivity contribution in [1.29, 1.82) is 0 Å². The van der Waals surface area contributed by atoms with Crippen LogP contribution in [0.1, 0.15) is 18.9 Å². The molecule has 0 saturated carbocycles. The van der Waals surface area contributed by atoms with E-state index in [0.717, 1.165) is 31.6 Å². The maximum absolute atomic E-state index is 9.90. The van der Waals surface area contributed by atoms with Crippen LogP contribution in [-0.2, 0) is 6.54 Å². The van der Waals surface area contributed by atoms with Crippen LogP contribution in [0.4, 0.5) is 0 Å². The highest BCUT2D eigenvalue weighted by Crippen LogP contribution is 2.35. The number of aromatic hydroxyl groups is 1. The highest BCUT2D eigenvalue weighted by Gasteiger charge is 2.10. The molecule has 0 bridgehead atoms. The number of rotatable bonds is 8. The fourth-order valence-corrected chi connectivity index (χ4v) is 2.52. The van der Waals surface area contributed by atoms with Crippen LogP contribution in [0, 0.1) is 0 Å². The number of halogens is 1. The van der Waals surface area contributed by atoms with Crippen molar-refractivity contribution >= 4 is 15.9 Å². The third-order valence-electron chi connectivity index (χ3n) is 2.99. The number of hydrogen-bond acceptors (Lipinski definition) is 4. The molecular weight excluding hydrogens is 320 g/mol. The molecule has 0 aliphatic carbocycles. The van der Waals surface area contributed by atoms with Crippen LogP contribution in [0.15, 0.2) is 16.6 Å². The lowest BCUT2D eigenvalue weighted by molar-refractivity contribution is 0.292. The van der Waals surface area contributed by atoms with E-state index in [0.29, 0.717) is 16.8 Å². The van der Waals surface area contributed by atoms with Gasteiger partial charge in [-0.2, -0.15) is 0 Å². The maximum Gasteiger partial charge on any atom is 0.172 e. The predicted octanol–water partition coefficient (Wildman–Crippen LogP) is 2.94. The minimum absolute atomic E-state index is 0.172. The van der Waals surface area contributed by atoms with Gasteiger partial charge in [0.15, 0.2) is 11.5 Å². The monoisotopic (exact) mass is 344 g/mol. The Morgan fingerprint density at radius 1 is 1.20 bits per heavy atom. The fraction of sp³-hybridized carbons (Fsp3) is 0.600. The second kappa shape index (κ2) is 8.49. The number of ether oxygens (including phenoxy) is 1. The van der Waals surface area contributed by atoms with Crippen LogP contribution < -0.4 is 4.74 Å². The summed E-state index contributed by atoms with van der Waals surface area (Å²) >= 11 is 3.37. The van der Waals surface area contributed by atoms with Gasteiger partial charge in [-0.05, 0) is 81.2 Å². The largest absolute Gasteiger partial charge is 0.503 e. The summed E-state index contributed by atoms with van der Waals surface area (Å²) in [5.41, 5.74) is 1.13. The van der Waals surface area contributed by atoms with E-state index in [1.807, 2.05) is 19.1 Å². The van der Waals surface area contributed by atoms with Crippen molar-refractivity contribution < 1.29 is 9.84 Å². The van der Waals surface area contributed by atoms with E-state index in [4.69, 9.17) is 4.74 Å². The molecule has 1 aromatic carbocycles. The van der Waals surface area contributed by atoms with E-state index in [1.54, 1.807) is 0 Å². The number of hydrogen-bond donors (Lipinski definition) is 1. The van der Waals surface area contributed by atoms with Gasteiger partial charge in [0.25, 0.3) is 0 Å². The molecule has 114 valence electrons. The molecule has 0 fully saturated rings. The van der Waals surface area contributed by atoms with Gasteiger partial charge >= 0.3 is 0 Å². The Kier molecular flexibility index (Phi) is 7.34. The summed E-state index contributed by atoms with van der Waals surface area (Å²) in [5, 5.41) is 9.90. The van der Waals surface area contributed by atoms with Crippen molar-refractivity contribution in [3.8, 4) is 11.5 Å². The normalized spacial score (nSPS) is 11.3. The van der Waals surface area contributed by atoms with Gasteiger partial charge in [0, 0.05) is 6.54 Å². The molecule has 4 nitrogen and oxygen atoms in total. The summed E-state index contributed by atoms with van der Waals surface area (Å²) in [7, 11) is 6.29. The number of phenolic OH excluding ortho intramolecular Hbond substituents is 1. The highest BCUT2D eigenvalue weighted by atomic mass is 79.9. The van der Waals surface area contributed by atoms with Crippen LogP contribution in [0.2, 0.25) is 0 Å². The molecule has 20 heavy (non-hydrogen) atoms. The Hall–Kier alpha value is -0.780. The van der Waals surface area contributed by atoms with Crippen molar-refractivity contribution in [2.45, 2.75) is 19.9 Å². The van der Waals surface area contributed by atoms with E-state index in [1.165, 1.54) is 0 Å². The minimum Gasteiger partial charge on any atom is -0.503 e. The molecular formula is C15H25BrN2O2. The van der Waals surface area contributed by atoms with Crippen LogP contribution in [0.25, 0.3) is 0 Å². The van der Waals surface area contributed by atoms with Crippen LogP contribution in [-0.4, -0.2) is 55.7 Å². The summed E-state index contributed by atoms with van der Waals surface area (Å²) in [6.45, 7) is 5.43. The van der Waals surface area contributed by atoms with Crippen molar-refractivity contribution in [2.75, 3.05) is 40.8 Å². The zero-order valence-electron chi connectivity index (χ0n) is 12.8. The first-order chi connectivity index (χ1) is 9.43. The smallest absolute Gasteiger partial charge is 0.172 e. The lowest BCUT2D eigenvalue weighted by atomic mass is 10.2. The van der Waals surface area contributed by atoms with Gasteiger partial charge in [0.1, 0.15) is 0 Å². The average Bonchev–Trinajstić information content (AvgIpc) is 2.35. The summed E-state index contributed by atoms with van der Waals surface area (Å²) in [6, 6.07) is 3.85. The van der Waals surface area contributed by atoms with Gasteiger partial charge in [-0.25, -0.2) is 0 Å². The molecule has 1 N–H and O–H groups in total. The van der Waals surface area contributed by atoms with Crippen LogP contribution >= 0.6 is 15.9 Å². The molecule has 0 saturated heterocycles. The summed E-state index contributed by atoms with van der Waals surface area (Å²) in [6.07, 6.45) is 1.14. The van der Waals surface area contributed by atoms with E-state index < -0.39 is 0 Å². The molecule has 1 rings (SSSR count). The number of benzene rings is 1. The molecule has 1 aromatic rings. The van der Waals surface area contributed by atoms with Gasteiger partial charge in [0.2, 0.25) is 0 Å². The quantitative estimate of drug-likeness (QED) is 0.786. The SMILES string of the molecule is CCOc1cc(CN(C)CCCN(C)C)cc(Br)c1O. The van der Waals surface area contributed by atoms with Gasteiger partial charge < -0.3 is 19.6 Å². The van der Waals surface area contributed by atoms with Gasteiger partial charge in [0.05, 0.1) is 11.1 Å². The molecule has 0 unspecified atom stereocenters. The zero-order chi connectivity index (χ0) is 15.1. The molecule has 0 atom stereocenters. The van der Waals surface area contributed by atoms with Gasteiger partial charge in [-0.3, -0.25) is 0 Å². The second-order valence-electron chi connectivity index (χ2n) is 5.25. The standard InChI is InChI=1S/C15H25BrN2O2/c1-5-20-14-10-12(9-13(16)15(14)19)11-18(4)8-6-7-17(2)3/h9-10,19H,5-8,11H2,1-4H3. The summed E-state index contributed by atoms with van der Waals surface area (Å²) < 4.78 is 6.13. The Morgan fingerprint density at radius 2 is 1.90 bits per heavy atom. The molecule has 0 radical (unpaired) electrons. The van der Waals surface area contributed by atoms with Crippen molar-refractivity contribution in [3.63, 3.8) is 0 Å². The van der Waals surface area contributed by atoms with Crippen molar-refractivity contribution in [2.24, 2.45) is 0 Å². The summed E-state index contributed by atoms with van der Waals surface area (Å²) in [5.74, 6) is 0.712. The van der Waals surface area contributed by atoms with Crippen LogP contribution in [0.5, 0.6) is 11.5 Å². The molecule has 0 heterocycles. The number of phenols is 1. The molecule has 0 amide bonds. The Morgan fingerprint density at radius 3 is 2.50 bits per heavy atom. The lowest BCUT2D eigenvalue weighted by Gasteiger charge is -2.19. The first kappa shape index (κ1) is 17.3. The minimum atomic E-state index is 0.172. The third kappa shape index (κ3) is 5.69. The van der Waals surface area contributed by atoms with Gasteiger partial charge in [-0.1, -0.05) is 0 Å². The van der Waals surface area contributed by atoms with E-state index in [-0.39, 0.29) is 5.75 Å². The lowest BCUT2D eigenvalue weighted by Crippen LogP contribution is -2.23. The molecule has 5 heteroatoms. The number of nitrogens with zero attached hydrogens (tertiary/aromatic N) is 2. The zero-order valence-corrected chi connectivity index (χ0v) is 14.4. The topological polar surface area (TPSA) is 35.9 Å². The summed E-state index contributed by atoms with van der Waals surface area (Å²) in [4.78, 5) is 4.47.